The lowest BCUT2D eigenvalue weighted by molar-refractivity contribution is 0.0972. The minimum absolute atomic E-state index is 0.330. The Kier molecular flexibility index (Phi) is 2.21. The highest BCUT2D eigenvalue weighted by Gasteiger charge is 2.19. The second-order valence-corrected chi connectivity index (χ2v) is 3.65. The molecular formula is C11H15NO. The highest BCUT2D eigenvalue weighted by Crippen LogP contribution is 2.22. The van der Waals surface area contributed by atoms with Gasteiger partial charge in [-0.05, 0) is 25.3 Å². The number of hydrogen-bond donors (Lipinski definition) is 0. The number of carbonyl (C=O) groups excluding carboxylic acids is 1. The van der Waals surface area contributed by atoms with Crippen LogP contribution in [-0.2, 0) is 13.0 Å². The zero-order valence-corrected chi connectivity index (χ0v) is 8.05. The van der Waals surface area contributed by atoms with Crippen molar-refractivity contribution in [3.63, 3.8) is 0 Å². The van der Waals surface area contributed by atoms with E-state index in [4.69, 9.17) is 0 Å². The molecule has 2 nitrogen and oxygen atoms in total. The van der Waals surface area contributed by atoms with Crippen molar-refractivity contribution in [1.29, 1.82) is 0 Å². The van der Waals surface area contributed by atoms with Gasteiger partial charge in [-0.2, -0.15) is 0 Å². The quantitative estimate of drug-likeness (QED) is 0.680. The third-order valence-corrected chi connectivity index (χ3v) is 2.66. The van der Waals surface area contributed by atoms with Gasteiger partial charge in [0.1, 0.15) is 0 Å². The van der Waals surface area contributed by atoms with Crippen LogP contribution in [0.2, 0.25) is 0 Å². The number of fused-ring (bicyclic) bond motifs is 1. The number of rotatable bonds is 2. The zero-order valence-electron chi connectivity index (χ0n) is 8.05. The van der Waals surface area contributed by atoms with Crippen LogP contribution in [0.5, 0.6) is 0 Å². The minimum Gasteiger partial charge on any atom is -0.351 e. The fourth-order valence-corrected chi connectivity index (χ4v) is 2.04. The van der Waals surface area contributed by atoms with E-state index < -0.39 is 0 Å². The van der Waals surface area contributed by atoms with Gasteiger partial charge < -0.3 is 4.57 Å². The Morgan fingerprint density at radius 2 is 2.31 bits per heavy atom. The standard InChI is InChI=1S/C11H15NO/c1-2-7-12-8-6-9-10(12)4-3-5-11(9)13/h6,8H,2-5,7H2,1H3. The van der Waals surface area contributed by atoms with E-state index in [2.05, 4.69) is 17.7 Å². The van der Waals surface area contributed by atoms with Crippen LogP contribution in [0, 0.1) is 0 Å². The predicted octanol–water partition coefficient (Wildman–Crippen LogP) is 2.42. The van der Waals surface area contributed by atoms with Gasteiger partial charge in [0, 0.05) is 30.4 Å². The summed E-state index contributed by atoms with van der Waals surface area (Å²) in [6.07, 6.45) is 6.03. The molecule has 0 saturated heterocycles. The molecule has 2 rings (SSSR count). The average Bonchev–Trinajstić information content (AvgIpc) is 2.51. The van der Waals surface area contributed by atoms with E-state index in [0.29, 0.717) is 5.78 Å². The molecule has 0 fully saturated rings. The third-order valence-electron chi connectivity index (χ3n) is 2.66. The van der Waals surface area contributed by atoms with E-state index in [1.165, 1.54) is 5.69 Å². The van der Waals surface area contributed by atoms with Crippen LogP contribution in [0.3, 0.4) is 0 Å². The van der Waals surface area contributed by atoms with Gasteiger partial charge >= 0.3 is 0 Å². The van der Waals surface area contributed by atoms with Crippen LogP contribution in [0.25, 0.3) is 0 Å². The number of aromatic nitrogens is 1. The van der Waals surface area contributed by atoms with Crippen molar-refractivity contribution in [2.24, 2.45) is 0 Å². The van der Waals surface area contributed by atoms with Gasteiger partial charge in [0.05, 0.1) is 0 Å². The molecule has 0 atom stereocenters. The van der Waals surface area contributed by atoms with Crippen molar-refractivity contribution >= 4 is 5.78 Å². The predicted molar refractivity (Wildman–Crippen MR) is 52.0 cm³/mol. The van der Waals surface area contributed by atoms with Crippen molar-refractivity contribution in [2.75, 3.05) is 0 Å². The van der Waals surface area contributed by atoms with Crippen molar-refractivity contribution in [3.8, 4) is 0 Å². The molecule has 0 bridgehead atoms. The summed E-state index contributed by atoms with van der Waals surface area (Å²) in [6, 6.07) is 1.98. The summed E-state index contributed by atoms with van der Waals surface area (Å²) in [6.45, 7) is 3.21. The molecule has 13 heavy (non-hydrogen) atoms. The summed E-state index contributed by atoms with van der Waals surface area (Å²) >= 11 is 0. The Labute approximate surface area is 78.6 Å². The lowest BCUT2D eigenvalue weighted by Gasteiger charge is -2.14. The van der Waals surface area contributed by atoms with Gasteiger partial charge in [-0.25, -0.2) is 0 Å². The summed E-state index contributed by atoms with van der Waals surface area (Å²) in [4.78, 5) is 11.5. The molecule has 1 aliphatic carbocycles. The molecule has 0 N–H and O–H groups in total. The Morgan fingerprint density at radius 3 is 3.08 bits per heavy atom. The highest BCUT2D eigenvalue weighted by molar-refractivity contribution is 5.98. The fraction of sp³-hybridized carbons (Fsp3) is 0.545. The molecule has 0 aliphatic heterocycles. The van der Waals surface area contributed by atoms with Crippen LogP contribution in [-0.4, -0.2) is 10.4 Å². The maximum atomic E-state index is 11.5. The minimum atomic E-state index is 0.330. The van der Waals surface area contributed by atoms with Crippen LogP contribution in [0.4, 0.5) is 0 Å². The van der Waals surface area contributed by atoms with Crippen LogP contribution in [0.15, 0.2) is 12.3 Å². The third kappa shape index (κ3) is 1.41. The molecule has 1 heterocycles. The van der Waals surface area contributed by atoms with Crippen molar-refractivity contribution in [1.82, 2.24) is 4.57 Å². The smallest absolute Gasteiger partial charge is 0.164 e. The number of nitrogens with zero attached hydrogens (tertiary/aromatic N) is 1. The first kappa shape index (κ1) is 8.54. The Hall–Kier alpha value is -1.05. The van der Waals surface area contributed by atoms with Crippen molar-refractivity contribution in [2.45, 2.75) is 39.2 Å². The first-order valence-corrected chi connectivity index (χ1v) is 5.04. The van der Waals surface area contributed by atoms with Gasteiger partial charge in [-0.3, -0.25) is 4.79 Å². The Bertz CT molecular complexity index is 325. The molecule has 1 aliphatic rings. The Morgan fingerprint density at radius 1 is 1.46 bits per heavy atom. The van der Waals surface area contributed by atoms with E-state index in [-0.39, 0.29) is 0 Å². The largest absolute Gasteiger partial charge is 0.351 e. The zero-order chi connectivity index (χ0) is 9.26. The van der Waals surface area contributed by atoms with Gasteiger partial charge in [-0.1, -0.05) is 6.92 Å². The van der Waals surface area contributed by atoms with E-state index in [1.54, 1.807) is 0 Å². The highest BCUT2D eigenvalue weighted by atomic mass is 16.1. The van der Waals surface area contributed by atoms with Crippen molar-refractivity contribution < 1.29 is 4.79 Å². The lowest BCUT2D eigenvalue weighted by atomic mass is 9.97. The van der Waals surface area contributed by atoms with Crippen LogP contribution in [0.1, 0.15) is 42.2 Å². The lowest BCUT2D eigenvalue weighted by Crippen LogP contribution is -2.12. The number of aryl methyl sites for hydroxylation is 1. The molecule has 70 valence electrons. The molecule has 0 radical (unpaired) electrons. The molecule has 1 aromatic heterocycles. The monoisotopic (exact) mass is 177 g/mol. The molecule has 0 unspecified atom stereocenters. The first-order chi connectivity index (χ1) is 6.33. The molecule has 1 aromatic rings. The van der Waals surface area contributed by atoms with Gasteiger partial charge in [0.25, 0.3) is 0 Å². The molecule has 0 saturated carbocycles. The summed E-state index contributed by atoms with van der Waals surface area (Å²) < 4.78 is 2.23. The normalized spacial score (nSPS) is 15.9. The average molecular weight is 177 g/mol. The van der Waals surface area contributed by atoms with Crippen LogP contribution < -0.4 is 0 Å². The molecule has 2 heteroatoms. The molecule has 0 aromatic carbocycles. The van der Waals surface area contributed by atoms with Gasteiger partial charge in [0.15, 0.2) is 5.78 Å². The number of carbonyl (C=O) groups is 1. The summed E-state index contributed by atoms with van der Waals surface area (Å²) in [7, 11) is 0. The first-order valence-electron chi connectivity index (χ1n) is 5.04. The second-order valence-electron chi connectivity index (χ2n) is 3.65. The molecule has 0 spiro atoms. The van der Waals surface area contributed by atoms with Gasteiger partial charge in [-0.15, -0.1) is 0 Å². The summed E-state index contributed by atoms with van der Waals surface area (Å²) in [5.41, 5.74) is 2.23. The Balaban J connectivity index is 2.36. The SMILES string of the molecule is CCCn1ccc2c1CCCC2=O. The van der Waals surface area contributed by atoms with E-state index in [9.17, 15) is 4.79 Å². The fourth-order valence-electron chi connectivity index (χ4n) is 2.04. The maximum Gasteiger partial charge on any atom is 0.164 e. The van der Waals surface area contributed by atoms with Crippen LogP contribution >= 0.6 is 0 Å². The second kappa shape index (κ2) is 3.36. The maximum absolute atomic E-state index is 11.5. The molecule has 0 amide bonds. The van der Waals surface area contributed by atoms with E-state index >= 15 is 0 Å². The number of ketones is 1. The van der Waals surface area contributed by atoms with E-state index in [1.807, 2.05) is 6.07 Å². The number of Topliss-reactive ketones (excluding diaryl/α,β-unsaturated/α-hetero) is 1. The number of hydrogen-bond acceptors (Lipinski definition) is 1. The summed E-state index contributed by atoms with van der Waals surface area (Å²) in [5, 5.41) is 0. The summed E-state index contributed by atoms with van der Waals surface area (Å²) in [5.74, 6) is 0.330. The molecular weight excluding hydrogens is 162 g/mol. The van der Waals surface area contributed by atoms with Gasteiger partial charge in [0.2, 0.25) is 0 Å². The van der Waals surface area contributed by atoms with E-state index in [0.717, 1.165) is 37.8 Å². The topological polar surface area (TPSA) is 22.0 Å². The van der Waals surface area contributed by atoms with Crippen molar-refractivity contribution in [3.05, 3.63) is 23.5 Å².